The van der Waals surface area contributed by atoms with E-state index in [1.54, 1.807) is 10.9 Å². The zero-order valence-corrected chi connectivity index (χ0v) is 13.4. The summed E-state index contributed by atoms with van der Waals surface area (Å²) in [6.07, 6.45) is 4.87. The monoisotopic (exact) mass is 301 g/mol. The SMILES string of the molecule is Cc1cc(C(=O)N2CCCC[C@@H]2[C@@H](C)N)c2cnn(C)c2n1. The Kier molecular flexibility index (Phi) is 3.87. The average Bonchev–Trinajstić information content (AvgIpc) is 2.87. The highest BCUT2D eigenvalue weighted by atomic mass is 16.2. The van der Waals surface area contributed by atoms with Gasteiger partial charge in [-0.3, -0.25) is 9.48 Å². The number of hydrogen-bond donors (Lipinski definition) is 1. The van der Waals surface area contributed by atoms with Gasteiger partial charge in [-0.25, -0.2) is 4.98 Å². The molecule has 3 rings (SSSR count). The Morgan fingerprint density at radius 3 is 2.95 bits per heavy atom. The van der Waals surface area contributed by atoms with Gasteiger partial charge in [0.2, 0.25) is 0 Å². The third-order valence-electron chi connectivity index (χ3n) is 4.48. The molecule has 2 N–H and O–H groups in total. The predicted molar refractivity (Wildman–Crippen MR) is 85.6 cm³/mol. The number of rotatable bonds is 2. The van der Waals surface area contributed by atoms with Gasteiger partial charge in [0, 0.05) is 31.4 Å². The normalized spacial score (nSPS) is 20.4. The van der Waals surface area contributed by atoms with Crippen LogP contribution in [-0.2, 0) is 7.05 Å². The predicted octanol–water partition coefficient (Wildman–Crippen LogP) is 1.62. The molecule has 2 aromatic rings. The topological polar surface area (TPSA) is 77.0 Å². The molecule has 2 aromatic heterocycles. The Hall–Kier alpha value is -1.95. The summed E-state index contributed by atoms with van der Waals surface area (Å²) in [6.45, 7) is 4.66. The lowest BCUT2D eigenvalue weighted by molar-refractivity contribution is 0.0585. The molecule has 0 unspecified atom stereocenters. The molecule has 6 nitrogen and oxygen atoms in total. The highest BCUT2D eigenvalue weighted by Gasteiger charge is 2.31. The number of amides is 1. The summed E-state index contributed by atoms with van der Waals surface area (Å²) in [5.74, 6) is 0.0468. The van der Waals surface area contributed by atoms with E-state index in [0.717, 1.165) is 42.5 Å². The number of hydrogen-bond acceptors (Lipinski definition) is 4. The fraction of sp³-hybridized carbons (Fsp3) is 0.562. The summed E-state index contributed by atoms with van der Waals surface area (Å²) >= 11 is 0. The van der Waals surface area contributed by atoms with E-state index >= 15 is 0 Å². The molecule has 1 saturated heterocycles. The van der Waals surface area contributed by atoms with E-state index in [2.05, 4.69) is 10.1 Å². The second kappa shape index (κ2) is 5.68. The minimum atomic E-state index is -0.0171. The first-order valence-electron chi connectivity index (χ1n) is 7.85. The third-order valence-corrected chi connectivity index (χ3v) is 4.48. The standard InChI is InChI=1S/C16H23N5O/c1-10-8-12(13-9-18-20(3)15(13)19-10)16(22)21-7-5-4-6-14(21)11(2)17/h8-9,11,14H,4-7,17H2,1-3H3/t11-,14-/m1/s1. The summed E-state index contributed by atoms with van der Waals surface area (Å²) in [5, 5.41) is 5.05. The molecule has 0 radical (unpaired) electrons. The summed E-state index contributed by atoms with van der Waals surface area (Å²) in [5.41, 5.74) is 8.36. The number of nitrogens with zero attached hydrogens (tertiary/aromatic N) is 4. The van der Waals surface area contributed by atoms with E-state index in [4.69, 9.17) is 5.73 Å². The Morgan fingerprint density at radius 2 is 2.23 bits per heavy atom. The third kappa shape index (κ3) is 2.47. The lowest BCUT2D eigenvalue weighted by Crippen LogP contribution is -2.51. The molecule has 22 heavy (non-hydrogen) atoms. The van der Waals surface area contributed by atoms with Crippen LogP contribution in [0.2, 0.25) is 0 Å². The zero-order chi connectivity index (χ0) is 15.9. The molecule has 0 aromatic carbocycles. The van der Waals surface area contributed by atoms with Gasteiger partial charge >= 0.3 is 0 Å². The summed E-state index contributed by atoms with van der Waals surface area (Å²) in [7, 11) is 1.84. The van der Waals surface area contributed by atoms with Gasteiger partial charge in [-0.15, -0.1) is 0 Å². The molecule has 0 aliphatic carbocycles. The number of aromatic nitrogens is 3. The fourth-order valence-electron chi connectivity index (χ4n) is 3.33. The highest BCUT2D eigenvalue weighted by Crippen LogP contribution is 2.25. The van der Waals surface area contributed by atoms with Crippen LogP contribution >= 0.6 is 0 Å². The van der Waals surface area contributed by atoms with Crippen molar-refractivity contribution in [2.45, 2.75) is 45.2 Å². The van der Waals surface area contributed by atoms with Crippen LogP contribution in [0.5, 0.6) is 0 Å². The van der Waals surface area contributed by atoms with Crippen LogP contribution < -0.4 is 5.73 Å². The Bertz CT molecular complexity index is 706. The molecule has 6 heteroatoms. The smallest absolute Gasteiger partial charge is 0.255 e. The molecule has 0 spiro atoms. The van der Waals surface area contributed by atoms with Gasteiger partial charge in [0.1, 0.15) is 0 Å². The van der Waals surface area contributed by atoms with Gasteiger partial charge in [-0.1, -0.05) is 0 Å². The maximum absolute atomic E-state index is 13.1. The molecule has 2 atom stereocenters. The summed E-state index contributed by atoms with van der Waals surface area (Å²) in [6, 6.07) is 1.96. The molecular weight excluding hydrogens is 278 g/mol. The maximum Gasteiger partial charge on any atom is 0.255 e. The Balaban J connectivity index is 2.04. The minimum absolute atomic E-state index is 0.0171. The van der Waals surface area contributed by atoms with Gasteiger partial charge in [-0.05, 0) is 39.2 Å². The Morgan fingerprint density at radius 1 is 1.45 bits per heavy atom. The van der Waals surface area contributed by atoms with E-state index in [1.165, 1.54) is 0 Å². The van der Waals surface area contributed by atoms with Crippen LogP contribution in [0.1, 0.15) is 42.2 Å². The number of carbonyl (C=O) groups is 1. The Labute approximate surface area is 130 Å². The first kappa shape index (κ1) is 15.0. The number of pyridine rings is 1. The van der Waals surface area contributed by atoms with Crippen LogP contribution in [0.15, 0.2) is 12.3 Å². The second-order valence-corrected chi connectivity index (χ2v) is 6.24. The van der Waals surface area contributed by atoms with Gasteiger partial charge in [0.15, 0.2) is 5.65 Å². The first-order chi connectivity index (χ1) is 10.5. The number of piperidine rings is 1. The van der Waals surface area contributed by atoms with Crippen molar-refractivity contribution in [3.05, 3.63) is 23.5 Å². The van der Waals surface area contributed by atoms with Crippen molar-refractivity contribution in [1.82, 2.24) is 19.7 Å². The maximum atomic E-state index is 13.1. The number of aryl methyl sites for hydroxylation is 2. The van der Waals surface area contributed by atoms with Crippen LogP contribution in [0.25, 0.3) is 11.0 Å². The van der Waals surface area contributed by atoms with Crippen molar-refractivity contribution in [3.8, 4) is 0 Å². The number of fused-ring (bicyclic) bond motifs is 1. The van der Waals surface area contributed by atoms with E-state index in [9.17, 15) is 4.79 Å². The van der Waals surface area contributed by atoms with Gasteiger partial charge in [-0.2, -0.15) is 5.10 Å². The van der Waals surface area contributed by atoms with E-state index in [1.807, 2.05) is 31.9 Å². The number of nitrogens with two attached hydrogens (primary N) is 1. The molecule has 0 bridgehead atoms. The molecule has 1 fully saturated rings. The highest BCUT2D eigenvalue weighted by molar-refractivity contribution is 6.05. The molecule has 0 saturated carbocycles. The second-order valence-electron chi connectivity index (χ2n) is 6.24. The lowest BCUT2D eigenvalue weighted by Gasteiger charge is -2.38. The van der Waals surface area contributed by atoms with Crippen LogP contribution in [0.4, 0.5) is 0 Å². The number of carbonyl (C=O) groups excluding carboxylic acids is 1. The number of likely N-dealkylation sites (tertiary alicyclic amines) is 1. The molecule has 1 amide bonds. The van der Waals surface area contributed by atoms with E-state index < -0.39 is 0 Å². The van der Waals surface area contributed by atoms with Crippen LogP contribution in [0.3, 0.4) is 0 Å². The lowest BCUT2D eigenvalue weighted by atomic mass is 9.95. The molecular formula is C16H23N5O. The van der Waals surface area contributed by atoms with Crippen molar-refractivity contribution in [3.63, 3.8) is 0 Å². The summed E-state index contributed by atoms with van der Waals surface area (Å²) in [4.78, 5) is 19.5. The van der Waals surface area contributed by atoms with Crippen molar-refractivity contribution < 1.29 is 4.79 Å². The van der Waals surface area contributed by atoms with Crippen molar-refractivity contribution in [2.24, 2.45) is 12.8 Å². The van der Waals surface area contributed by atoms with Crippen LogP contribution in [-0.4, -0.2) is 44.2 Å². The first-order valence-corrected chi connectivity index (χ1v) is 7.85. The zero-order valence-electron chi connectivity index (χ0n) is 13.4. The van der Waals surface area contributed by atoms with Gasteiger partial charge in [0.25, 0.3) is 5.91 Å². The minimum Gasteiger partial charge on any atom is -0.334 e. The van der Waals surface area contributed by atoms with Gasteiger partial charge < -0.3 is 10.6 Å². The van der Waals surface area contributed by atoms with Crippen molar-refractivity contribution in [2.75, 3.05) is 6.54 Å². The van der Waals surface area contributed by atoms with E-state index in [-0.39, 0.29) is 18.0 Å². The van der Waals surface area contributed by atoms with Crippen molar-refractivity contribution >= 4 is 16.9 Å². The molecule has 118 valence electrons. The summed E-state index contributed by atoms with van der Waals surface area (Å²) < 4.78 is 1.71. The average molecular weight is 301 g/mol. The molecule has 1 aliphatic rings. The fourth-order valence-corrected chi connectivity index (χ4v) is 3.33. The van der Waals surface area contributed by atoms with Crippen molar-refractivity contribution in [1.29, 1.82) is 0 Å². The van der Waals surface area contributed by atoms with Crippen LogP contribution in [0, 0.1) is 6.92 Å². The molecule has 3 heterocycles. The molecule has 1 aliphatic heterocycles. The largest absolute Gasteiger partial charge is 0.334 e. The van der Waals surface area contributed by atoms with E-state index in [0.29, 0.717) is 5.56 Å². The quantitative estimate of drug-likeness (QED) is 0.914. The van der Waals surface area contributed by atoms with Gasteiger partial charge in [0.05, 0.1) is 17.1 Å².